The fourth-order valence-electron chi connectivity index (χ4n) is 0.692. The van der Waals surface area contributed by atoms with Gasteiger partial charge in [0.25, 0.3) is 0 Å². The van der Waals surface area contributed by atoms with Crippen LogP contribution in [-0.2, 0) is 9.16 Å². The summed E-state index contributed by atoms with van der Waals surface area (Å²) < 4.78 is 10.5. The molecule has 0 fully saturated rings. The van der Waals surface area contributed by atoms with Crippen molar-refractivity contribution in [2.45, 2.75) is 20.0 Å². The predicted octanol–water partition coefficient (Wildman–Crippen LogP) is 1.93. The van der Waals surface area contributed by atoms with Crippen molar-refractivity contribution in [1.29, 1.82) is 0 Å². The summed E-state index contributed by atoms with van der Waals surface area (Å²) >= 11 is 0. The highest BCUT2D eigenvalue weighted by atomic mass is 28.4. The molecule has 0 aromatic rings. The van der Waals surface area contributed by atoms with E-state index >= 15 is 0 Å². The molecule has 0 aliphatic rings. The number of hydrogen-bond donors (Lipinski definition) is 0. The lowest BCUT2D eigenvalue weighted by atomic mass is 10.9. The molecule has 60 valence electrons. The zero-order valence-corrected chi connectivity index (χ0v) is 8.02. The summed E-state index contributed by atoms with van der Waals surface area (Å²) in [5.41, 5.74) is 0. The highest BCUT2D eigenvalue weighted by molar-refractivity contribution is 6.71. The predicted molar refractivity (Wildman–Crippen MR) is 45.3 cm³/mol. The molecule has 0 radical (unpaired) electrons. The summed E-state index contributed by atoms with van der Waals surface area (Å²) in [5.74, 6) is 0. The van der Waals surface area contributed by atoms with Crippen molar-refractivity contribution in [3.63, 3.8) is 0 Å². The minimum absolute atomic E-state index is 0.699. The van der Waals surface area contributed by atoms with Crippen LogP contribution < -0.4 is 0 Å². The smallest absolute Gasteiger partial charge is 0.224 e. The van der Waals surface area contributed by atoms with E-state index in [1.54, 1.807) is 0 Å². The maximum atomic E-state index is 5.50. The van der Waals surface area contributed by atoms with Gasteiger partial charge in [0.1, 0.15) is 6.23 Å². The molecule has 0 spiro atoms. The number of rotatable bonds is 5. The van der Waals surface area contributed by atoms with Gasteiger partial charge < -0.3 is 9.16 Å². The summed E-state index contributed by atoms with van der Waals surface area (Å²) in [7, 11) is -1.52. The first-order valence-electron chi connectivity index (χ1n) is 3.49. The second-order valence-corrected chi connectivity index (χ2v) is 6.77. The van der Waals surface area contributed by atoms with Crippen molar-refractivity contribution in [3.8, 4) is 0 Å². The fraction of sp³-hybridized carbons (Fsp3) is 0.714. The molecule has 0 unspecified atom stereocenters. The van der Waals surface area contributed by atoms with Gasteiger partial charge in [0.15, 0.2) is 0 Å². The Morgan fingerprint density at radius 1 is 1.50 bits per heavy atom. The number of hydrogen-bond acceptors (Lipinski definition) is 2. The first-order valence-corrected chi connectivity index (χ1v) is 6.60. The van der Waals surface area contributed by atoms with E-state index in [0.717, 1.165) is 6.61 Å². The van der Waals surface area contributed by atoms with Crippen LogP contribution in [0.25, 0.3) is 0 Å². The van der Waals surface area contributed by atoms with E-state index in [9.17, 15) is 0 Å². The third-order valence-electron chi connectivity index (χ3n) is 1.08. The standard InChI is InChI=1S/C7H16O2Si/c1-5-8-7-10(3,4)9-6-2/h5H,1,6-7H2,2-4H3. The highest BCUT2D eigenvalue weighted by Crippen LogP contribution is 2.03. The number of ether oxygens (including phenoxy) is 1. The molecule has 0 aromatic carbocycles. The first-order chi connectivity index (χ1) is 4.62. The first kappa shape index (κ1) is 9.72. The van der Waals surface area contributed by atoms with Crippen molar-refractivity contribution in [1.82, 2.24) is 0 Å². The van der Waals surface area contributed by atoms with Crippen molar-refractivity contribution >= 4 is 8.32 Å². The molecule has 0 amide bonds. The molecule has 0 rings (SSSR count). The van der Waals surface area contributed by atoms with Crippen LogP contribution >= 0.6 is 0 Å². The Morgan fingerprint density at radius 3 is 2.50 bits per heavy atom. The third-order valence-corrected chi connectivity index (χ3v) is 3.02. The van der Waals surface area contributed by atoms with E-state index in [4.69, 9.17) is 9.16 Å². The summed E-state index contributed by atoms with van der Waals surface area (Å²) in [6, 6.07) is 0. The SMILES string of the molecule is C=COC[Si](C)(C)OCC. The molecule has 2 nitrogen and oxygen atoms in total. The molecule has 0 saturated heterocycles. The van der Waals surface area contributed by atoms with Gasteiger partial charge >= 0.3 is 0 Å². The molecule has 0 N–H and O–H groups in total. The van der Waals surface area contributed by atoms with Crippen molar-refractivity contribution in [2.24, 2.45) is 0 Å². The maximum Gasteiger partial charge on any atom is 0.224 e. The molecule has 10 heavy (non-hydrogen) atoms. The molecular weight excluding hydrogens is 144 g/mol. The van der Waals surface area contributed by atoms with E-state index < -0.39 is 8.32 Å². The molecule has 0 bridgehead atoms. The molecule has 3 heteroatoms. The van der Waals surface area contributed by atoms with Crippen LogP contribution in [0, 0.1) is 0 Å². The van der Waals surface area contributed by atoms with E-state index in [0.29, 0.717) is 6.23 Å². The van der Waals surface area contributed by atoms with Crippen molar-refractivity contribution in [3.05, 3.63) is 12.8 Å². The lowest BCUT2D eigenvalue weighted by Crippen LogP contribution is -2.36. The lowest BCUT2D eigenvalue weighted by molar-refractivity contribution is 0.251. The van der Waals surface area contributed by atoms with Gasteiger partial charge in [0.2, 0.25) is 8.32 Å². The van der Waals surface area contributed by atoms with Crippen LogP contribution in [0.3, 0.4) is 0 Å². The van der Waals surface area contributed by atoms with Crippen molar-refractivity contribution in [2.75, 3.05) is 12.8 Å². The average Bonchev–Trinajstić information content (AvgIpc) is 1.84. The second-order valence-electron chi connectivity index (χ2n) is 2.67. The van der Waals surface area contributed by atoms with E-state index in [1.165, 1.54) is 6.26 Å². The van der Waals surface area contributed by atoms with Gasteiger partial charge in [-0.05, 0) is 20.0 Å². The van der Waals surface area contributed by atoms with Gasteiger partial charge in [0.05, 0.1) is 6.26 Å². The fourth-order valence-corrected chi connectivity index (χ4v) is 2.08. The topological polar surface area (TPSA) is 18.5 Å². The van der Waals surface area contributed by atoms with Crippen LogP contribution in [0.1, 0.15) is 6.92 Å². The Morgan fingerprint density at radius 2 is 2.10 bits per heavy atom. The molecule has 0 aliphatic carbocycles. The molecule has 0 aliphatic heterocycles. The monoisotopic (exact) mass is 160 g/mol. The lowest BCUT2D eigenvalue weighted by Gasteiger charge is -2.20. The Bertz CT molecular complexity index is 102. The van der Waals surface area contributed by atoms with E-state index in [2.05, 4.69) is 19.7 Å². The largest absolute Gasteiger partial charge is 0.502 e. The second kappa shape index (κ2) is 4.52. The van der Waals surface area contributed by atoms with Gasteiger partial charge in [-0.1, -0.05) is 6.58 Å². The minimum Gasteiger partial charge on any atom is -0.502 e. The Balaban J connectivity index is 3.51. The summed E-state index contributed by atoms with van der Waals surface area (Å²) in [5, 5.41) is 0. The van der Waals surface area contributed by atoms with Crippen LogP contribution in [-0.4, -0.2) is 21.2 Å². The Kier molecular flexibility index (Phi) is 4.39. The molecular formula is C7H16O2Si. The van der Waals surface area contributed by atoms with E-state index in [1.807, 2.05) is 6.92 Å². The van der Waals surface area contributed by atoms with Gasteiger partial charge in [-0.2, -0.15) is 0 Å². The summed E-state index contributed by atoms with van der Waals surface area (Å²) in [4.78, 5) is 0. The summed E-state index contributed by atoms with van der Waals surface area (Å²) in [6.07, 6.45) is 2.16. The van der Waals surface area contributed by atoms with Crippen LogP contribution in [0.15, 0.2) is 12.8 Å². The van der Waals surface area contributed by atoms with Crippen molar-refractivity contribution < 1.29 is 9.16 Å². The zero-order chi connectivity index (χ0) is 8.04. The van der Waals surface area contributed by atoms with Gasteiger partial charge in [-0.15, -0.1) is 0 Å². The normalized spacial score (nSPS) is 11.1. The molecule has 0 heterocycles. The van der Waals surface area contributed by atoms with Crippen LogP contribution in [0.4, 0.5) is 0 Å². The highest BCUT2D eigenvalue weighted by Gasteiger charge is 2.21. The van der Waals surface area contributed by atoms with Crippen LogP contribution in [0.2, 0.25) is 13.1 Å². The zero-order valence-electron chi connectivity index (χ0n) is 7.02. The summed E-state index contributed by atoms with van der Waals surface area (Å²) in [6.45, 7) is 10.5. The minimum atomic E-state index is -1.52. The Hall–Kier alpha value is -0.283. The van der Waals surface area contributed by atoms with Gasteiger partial charge in [-0.3, -0.25) is 0 Å². The molecule has 0 saturated carbocycles. The third kappa shape index (κ3) is 4.58. The Labute approximate surface area is 64.0 Å². The molecule has 0 atom stereocenters. The maximum absolute atomic E-state index is 5.50. The van der Waals surface area contributed by atoms with Gasteiger partial charge in [-0.25, -0.2) is 0 Å². The average molecular weight is 160 g/mol. The van der Waals surface area contributed by atoms with Gasteiger partial charge in [0, 0.05) is 6.61 Å². The van der Waals surface area contributed by atoms with Crippen LogP contribution in [0.5, 0.6) is 0 Å². The molecule has 0 aromatic heterocycles. The van der Waals surface area contributed by atoms with E-state index in [-0.39, 0.29) is 0 Å². The quantitative estimate of drug-likeness (QED) is 0.452.